The highest BCUT2D eigenvalue weighted by molar-refractivity contribution is 7.63. The van der Waals surface area contributed by atoms with Gasteiger partial charge in [0.1, 0.15) is 0 Å². The summed E-state index contributed by atoms with van der Waals surface area (Å²) in [5.41, 5.74) is 0.470. The molecule has 0 heterocycles. The van der Waals surface area contributed by atoms with Crippen molar-refractivity contribution in [3.05, 3.63) is 12.2 Å². The van der Waals surface area contributed by atoms with E-state index in [1.54, 1.807) is 0 Å². The minimum absolute atomic E-state index is 0.470. The second-order valence-corrected chi connectivity index (χ2v) is 6.97. The van der Waals surface area contributed by atoms with Gasteiger partial charge >= 0.3 is 0 Å². The topological polar surface area (TPSA) is 17.1 Å². The Morgan fingerprint density at radius 1 is 1.40 bits per heavy atom. The Kier molecular flexibility index (Phi) is 2.36. The maximum absolute atomic E-state index is 11.5. The summed E-state index contributed by atoms with van der Waals surface area (Å²) in [7, 11) is -1.79. The number of hydrogen-bond donors (Lipinski definition) is 0. The monoisotopic (exact) mass is 158 g/mol. The van der Waals surface area contributed by atoms with Crippen molar-refractivity contribution in [2.24, 2.45) is 0 Å². The van der Waals surface area contributed by atoms with E-state index in [1.165, 1.54) is 0 Å². The number of hydrogen-bond acceptors (Lipinski definition) is 1. The number of rotatable bonds is 1. The highest BCUT2D eigenvalue weighted by atomic mass is 31.2. The fourth-order valence-electron chi connectivity index (χ4n) is 1.34. The van der Waals surface area contributed by atoms with Gasteiger partial charge in [-0.25, -0.2) is 0 Å². The van der Waals surface area contributed by atoms with Crippen LogP contribution < -0.4 is 0 Å². The first-order valence-electron chi connectivity index (χ1n) is 3.80. The molecule has 10 heavy (non-hydrogen) atoms. The van der Waals surface area contributed by atoms with Gasteiger partial charge in [0, 0.05) is 5.66 Å². The van der Waals surface area contributed by atoms with Gasteiger partial charge in [-0.3, -0.25) is 0 Å². The quantitative estimate of drug-likeness (QED) is 0.423. The predicted octanol–water partition coefficient (Wildman–Crippen LogP) is 2.72. The maximum atomic E-state index is 11.5. The summed E-state index contributed by atoms with van der Waals surface area (Å²) in [6.45, 7) is 3.80. The molecule has 0 N–H and O–H groups in total. The largest absolute Gasteiger partial charge is 0.324 e. The van der Waals surface area contributed by atoms with Crippen molar-refractivity contribution in [1.29, 1.82) is 0 Å². The minimum Gasteiger partial charge on any atom is -0.324 e. The second-order valence-electron chi connectivity index (χ2n) is 3.37. The van der Waals surface area contributed by atoms with Crippen LogP contribution in [0.1, 0.15) is 19.3 Å². The van der Waals surface area contributed by atoms with E-state index in [4.69, 9.17) is 0 Å². The molecule has 0 amide bonds. The molecule has 0 aromatic rings. The Hall–Kier alpha value is -0.0300. The van der Waals surface area contributed by atoms with Gasteiger partial charge in [-0.2, -0.15) is 0 Å². The fraction of sp³-hybridized carbons (Fsp3) is 0.750. The summed E-state index contributed by atoms with van der Waals surface area (Å²) in [5, 5.41) is 0. The van der Waals surface area contributed by atoms with Gasteiger partial charge in [-0.15, -0.1) is 0 Å². The Morgan fingerprint density at radius 2 is 2.10 bits per heavy atom. The molecule has 1 aliphatic rings. The van der Waals surface area contributed by atoms with Crippen LogP contribution in [0.5, 0.6) is 0 Å². The Bertz CT molecular complexity index is 178. The zero-order valence-electron chi connectivity index (χ0n) is 6.71. The summed E-state index contributed by atoms with van der Waals surface area (Å²) in [4.78, 5) is 0. The van der Waals surface area contributed by atoms with Crippen molar-refractivity contribution in [1.82, 2.24) is 0 Å². The van der Waals surface area contributed by atoms with Crippen molar-refractivity contribution in [2.75, 3.05) is 13.3 Å². The SMILES string of the molecule is CP(C)(=O)C1CC=CCC1. The zero-order valence-corrected chi connectivity index (χ0v) is 7.60. The summed E-state index contributed by atoms with van der Waals surface area (Å²) in [6.07, 6.45) is 7.63. The molecule has 0 saturated carbocycles. The van der Waals surface area contributed by atoms with Gasteiger partial charge in [0.25, 0.3) is 0 Å². The standard InChI is InChI=1S/C8H15OP/c1-10(2,9)8-6-4-3-5-7-8/h3-4,8H,5-7H2,1-2H3. The van der Waals surface area contributed by atoms with Crippen molar-refractivity contribution >= 4 is 7.14 Å². The van der Waals surface area contributed by atoms with E-state index in [2.05, 4.69) is 12.2 Å². The average molecular weight is 158 g/mol. The Morgan fingerprint density at radius 3 is 2.40 bits per heavy atom. The van der Waals surface area contributed by atoms with Crippen LogP contribution in [0.4, 0.5) is 0 Å². The molecule has 1 nitrogen and oxygen atoms in total. The van der Waals surface area contributed by atoms with Gasteiger partial charge in [-0.05, 0) is 32.6 Å². The van der Waals surface area contributed by atoms with E-state index in [-0.39, 0.29) is 0 Å². The molecule has 0 bridgehead atoms. The van der Waals surface area contributed by atoms with Gasteiger partial charge in [-0.1, -0.05) is 12.2 Å². The first-order valence-corrected chi connectivity index (χ1v) is 6.47. The minimum atomic E-state index is -1.79. The molecule has 2 heteroatoms. The molecular formula is C8H15OP. The average Bonchev–Trinajstić information content (AvgIpc) is 1.88. The van der Waals surface area contributed by atoms with E-state index >= 15 is 0 Å². The summed E-state index contributed by atoms with van der Waals surface area (Å²) in [6, 6.07) is 0. The predicted molar refractivity (Wildman–Crippen MR) is 46.2 cm³/mol. The zero-order chi connectivity index (χ0) is 7.61. The molecule has 0 spiro atoms. The fourth-order valence-corrected chi connectivity index (χ4v) is 2.74. The first-order chi connectivity index (χ1) is 4.61. The van der Waals surface area contributed by atoms with E-state index < -0.39 is 7.14 Å². The molecule has 1 rings (SSSR count). The smallest absolute Gasteiger partial charge is 0.0851 e. The molecule has 0 fully saturated rings. The first kappa shape index (κ1) is 8.07. The molecule has 0 aromatic carbocycles. The molecule has 1 aliphatic carbocycles. The second kappa shape index (κ2) is 2.92. The van der Waals surface area contributed by atoms with Gasteiger partial charge in [0.2, 0.25) is 0 Å². The molecule has 0 aromatic heterocycles. The molecule has 1 atom stereocenters. The maximum Gasteiger partial charge on any atom is 0.0851 e. The van der Waals surface area contributed by atoms with Crippen LogP contribution in [0.15, 0.2) is 12.2 Å². The lowest BCUT2D eigenvalue weighted by Crippen LogP contribution is -2.08. The van der Waals surface area contributed by atoms with E-state index in [0.29, 0.717) is 5.66 Å². The van der Waals surface area contributed by atoms with Crippen molar-refractivity contribution in [2.45, 2.75) is 24.9 Å². The van der Waals surface area contributed by atoms with Crippen LogP contribution in [0.2, 0.25) is 0 Å². The molecule has 1 unspecified atom stereocenters. The highest BCUT2D eigenvalue weighted by Gasteiger charge is 2.22. The van der Waals surface area contributed by atoms with Crippen LogP contribution in [0, 0.1) is 0 Å². The molecule has 58 valence electrons. The third-order valence-electron chi connectivity index (χ3n) is 2.12. The van der Waals surface area contributed by atoms with Crippen LogP contribution >= 0.6 is 7.14 Å². The summed E-state index contributed by atoms with van der Waals surface area (Å²) < 4.78 is 11.5. The van der Waals surface area contributed by atoms with Crippen LogP contribution in [-0.4, -0.2) is 19.0 Å². The lowest BCUT2D eigenvalue weighted by molar-refractivity contribution is 0.563. The van der Waals surface area contributed by atoms with Crippen LogP contribution in [0.25, 0.3) is 0 Å². The third kappa shape index (κ3) is 1.98. The van der Waals surface area contributed by atoms with E-state index in [0.717, 1.165) is 19.3 Å². The van der Waals surface area contributed by atoms with E-state index in [9.17, 15) is 4.57 Å². The van der Waals surface area contributed by atoms with E-state index in [1.807, 2.05) is 13.3 Å². The van der Waals surface area contributed by atoms with Crippen molar-refractivity contribution in [3.8, 4) is 0 Å². The number of allylic oxidation sites excluding steroid dienone is 2. The summed E-state index contributed by atoms with van der Waals surface area (Å²) in [5.74, 6) is 0. The Labute approximate surface area is 62.9 Å². The molecule has 0 radical (unpaired) electrons. The molecule has 0 saturated heterocycles. The van der Waals surface area contributed by atoms with Gasteiger partial charge < -0.3 is 4.57 Å². The van der Waals surface area contributed by atoms with Crippen molar-refractivity contribution < 1.29 is 4.57 Å². The van der Waals surface area contributed by atoms with Crippen LogP contribution in [0.3, 0.4) is 0 Å². The Balaban J connectivity index is 2.58. The van der Waals surface area contributed by atoms with Crippen LogP contribution in [-0.2, 0) is 4.57 Å². The lowest BCUT2D eigenvalue weighted by Gasteiger charge is -2.21. The van der Waals surface area contributed by atoms with Crippen molar-refractivity contribution in [3.63, 3.8) is 0 Å². The van der Waals surface area contributed by atoms with Gasteiger partial charge in [0.05, 0.1) is 7.14 Å². The van der Waals surface area contributed by atoms with Gasteiger partial charge in [0.15, 0.2) is 0 Å². The third-order valence-corrected chi connectivity index (χ3v) is 4.35. The molecule has 0 aliphatic heterocycles. The summed E-state index contributed by atoms with van der Waals surface area (Å²) >= 11 is 0. The lowest BCUT2D eigenvalue weighted by atomic mass is 10.1. The highest BCUT2D eigenvalue weighted by Crippen LogP contribution is 2.47. The molecular weight excluding hydrogens is 143 g/mol. The normalized spacial score (nSPS) is 26.8.